The second-order valence-corrected chi connectivity index (χ2v) is 5.13. The molecule has 0 fully saturated rings. The van der Waals surface area contributed by atoms with E-state index >= 15 is 0 Å². The van der Waals surface area contributed by atoms with Gasteiger partial charge in [0.2, 0.25) is 6.10 Å². The molecule has 2 aliphatic rings. The highest BCUT2D eigenvalue weighted by Crippen LogP contribution is 2.45. The van der Waals surface area contributed by atoms with Crippen LogP contribution in [-0.2, 0) is 14.3 Å². The normalized spacial score (nSPS) is 21.8. The zero-order valence-corrected chi connectivity index (χ0v) is 11.4. The van der Waals surface area contributed by atoms with Crippen LogP contribution >= 0.6 is 0 Å². The average molecular weight is 293 g/mol. The van der Waals surface area contributed by atoms with Crippen LogP contribution in [0, 0.1) is 0 Å². The standard InChI is InChI=1S/C17H11NO4/c19-16-13(11-7-3-4-8-12(11)18-16)14-9-5-1-2-6-10(9)15(22-14)17(20)21/h1-8,15H,(H,18,19)(H,20,21)/b14-13+. The monoisotopic (exact) mass is 293 g/mol. The molecule has 2 aliphatic heterocycles. The number of fused-ring (bicyclic) bond motifs is 2. The predicted octanol–water partition coefficient (Wildman–Crippen LogP) is 2.66. The van der Waals surface area contributed by atoms with Crippen LogP contribution in [0.2, 0.25) is 0 Å². The summed E-state index contributed by atoms with van der Waals surface area (Å²) in [6.07, 6.45) is -1.08. The molecule has 2 aromatic carbocycles. The zero-order valence-electron chi connectivity index (χ0n) is 11.4. The molecule has 2 heterocycles. The number of hydrogen-bond acceptors (Lipinski definition) is 3. The van der Waals surface area contributed by atoms with E-state index in [-0.39, 0.29) is 5.91 Å². The van der Waals surface area contributed by atoms with Crippen molar-refractivity contribution in [1.82, 2.24) is 0 Å². The smallest absolute Gasteiger partial charge is 0.349 e. The second-order valence-electron chi connectivity index (χ2n) is 5.13. The Morgan fingerprint density at radius 1 is 1.05 bits per heavy atom. The molecule has 0 spiro atoms. The van der Waals surface area contributed by atoms with E-state index in [4.69, 9.17) is 4.74 Å². The van der Waals surface area contributed by atoms with Crippen molar-refractivity contribution in [2.24, 2.45) is 0 Å². The lowest BCUT2D eigenvalue weighted by Gasteiger charge is -2.07. The number of carboxylic acid groups (broad SMARTS) is 1. The van der Waals surface area contributed by atoms with E-state index in [1.165, 1.54) is 0 Å². The van der Waals surface area contributed by atoms with Crippen molar-refractivity contribution in [2.75, 3.05) is 5.32 Å². The molecule has 5 heteroatoms. The summed E-state index contributed by atoms with van der Waals surface area (Å²) in [6.45, 7) is 0. The largest absolute Gasteiger partial charge is 0.478 e. The Morgan fingerprint density at radius 2 is 1.73 bits per heavy atom. The lowest BCUT2D eigenvalue weighted by molar-refractivity contribution is -0.146. The first-order valence-electron chi connectivity index (χ1n) is 6.80. The third kappa shape index (κ3) is 1.65. The van der Waals surface area contributed by atoms with Crippen LogP contribution in [0.5, 0.6) is 0 Å². The van der Waals surface area contributed by atoms with E-state index in [9.17, 15) is 14.7 Å². The van der Waals surface area contributed by atoms with Gasteiger partial charge in [-0.1, -0.05) is 42.5 Å². The number of nitrogens with one attached hydrogen (secondary N) is 1. The Balaban J connectivity index is 1.98. The highest BCUT2D eigenvalue weighted by Gasteiger charge is 2.38. The zero-order chi connectivity index (χ0) is 15.3. The first kappa shape index (κ1) is 12.6. The molecule has 0 saturated carbocycles. The highest BCUT2D eigenvalue weighted by atomic mass is 16.5. The fourth-order valence-electron chi connectivity index (χ4n) is 2.90. The molecule has 4 rings (SSSR count). The second kappa shape index (κ2) is 4.46. The number of rotatable bonds is 1. The van der Waals surface area contributed by atoms with E-state index < -0.39 is 12.1 Å². The predicted molar refractivity (Wildman–Crippen MR) is 79.8 cm³/mol. The molecule has 0 bridgehead atoms. The summed E-state index contributed by atoms with van der Waals surface area (Å²) in [5.74, 6) is -1.03. The Hall–Kier alpha value is -3.08. The van der Waals surface area contributed by atoms with Gasteiger partial charge in [0, 0.05) is 22.4 Å². The quantitative estimate of drug-likeness (QED) is 0.793. The topological polar surface area (TPSA) is 75.6 Å². The number of para-hydroxylation sites is 1. The van der Waals surface area contributed by atoms with Gasteiger partial charge in [-0.3, -0.25) is 4.79 Å². The van der Waals surface area contributed by atoms with Gasteiger partial charge < -0.3 is 15.2 Å². The number of carbonyl (C=O) groups is 2. The maximum atomic E-state index is 12.3. The van der Waals surface area contributed by atoms with Crippen molar-refractivity contribution in [3.8, 4) is 0 Å². The van der Waals surface area contributed by atoms with E-state index in [2.05, 4.69) is 5.32 Å². The number of ether oxygens (including phenoxy) is 1. The Kier molecular flexibility index (Phi) is 2.56. The van der Waals surface area contributed by atoms with Crippen LogP contribution in [0.25, 0.3) is 11.3 Å². The highest BCUT2D eigenvalue weighted by molar-refractivity contribution is 6.36. The maximum Gasteiger partial charge on any atom is 0.349 e. The number of amides is 1. The number of carboxylic acids is 1. The number of benzene rings is 2. The van der Waals surface area contributed by atoms with Crippen molar-refractivity contribution >= 4 is 28.9 Å². The fraction of sp³-hybridized carbons (Fsp3) is 0.0588. The van der Waals surface area contributed by atoms with E-state index in [1.807, 2.05) is 18.2 Å². The molecule has 0 saturated heterocycles. The minimum atomic E-state index is -1.08. The Labute approximate surface area is 125 Å². The Bertz CT molecular complexity index is 853. The van der Waals surface area contributed by atoms with Crippen LogP contribution in [0.15, 0.2) is 48.5 Å². The molecule has 2 aromatic rings. The van der Waals surface area contributed by atoms with Crippen molar-refractivity contribution in [3.63, 3.8) is 0 Å². The summed E-state index contributed by atoms with van der Waals surface area (Å²) in [5.41, 5.74) is 3.02. The molecule has 0 aliphatic carbocycles. The lowest BCUT2D eigenvalue weighted by Crippen LogP contribution is -2.10. The molecule has 22 heavy (non-hydrogen) atoms. The molecule has 1 unspecified atom stereocenters. The molecular formula is C17H11NO4. The van der Waals surface area contributed by atoms with Gasteiger partial charge in [0.15, 0.2) is 0 Å². The molecule has 0 aromatic heterocycles. The first-order valence-corrected chi connectivity index (χ1v) is 6.80. The van der Waals surface area contributed by atoms with E-state index in [0.717, 1.165) is 5.56 Å². The van der Waals surface area contributed by atoms with Crippen LogP contribution in [0.3, 0.4) is 0 Å². The van der Waals surface area contributed by atoms with E-state index in [0.29, 0.717) is 28.1 Å². The number of aliphatic carboxylic acids is 1. The van der Waals surface area contributed by atoms with Gasteiger partial charge in [-0.25, -0.2) is 4.79 Å². The van der Waals surface area contributed by atoms with Crippen molar-refractivity contribution < 1.29 is 19.4 Å². The summed E-state index contributed by atoms with van der Waals surface area (Å²) in [5, 5.41) is 12.1. The fourth-order valence-corrected chi connectivity index (χ4v) is 2.90. The van der Waals surface area contributed by atoms with Crippen molar-refractivity contribution in [2.45, 2.75) is 6.10 Å². The summed E-state index contributed by atoms with van der Waals surface area (Å²) >= 11 is 0. The summed E-state index contributed by atoms with van der Waals surface area (Å²) in [6, 6.07) is 14.3. The molecule has 5 nitrogen and oxygen atoms in total. The van der Waals surface area contributed by atoms with Gasteiger partial charge in [-0.15, -0.1) is 0 Å². The first-order chi connectivity index (χ1) is 10.7. The van der Waals surface area contributed by atoms with Crippen LogP contribution in [0.1, 0.15) is 22.8 Å². The lowest BCUT2D eigenvalue weighted by atomic mass is 9.99. The van der Waals surface area contributed by atoms with Crippen molar-refractivity contribution in [3.05, 3.63) is 65.2 Å². The van der Waals surface area contributed by atoms with Crippen LogP contribution in [-0.4, -0.2) is 17.0 Å². The van der Waals surface area contributed by atoms with Gasteiger partial charge in [0.05, 0.1) is 5.57 Å². The molecule has 108 valence electrons. The Morgan fingerprint density at radius 3 is 2.50 bits per heavy atom. The number of hydrogen-bond donors (Lipinski definition) is 2. The van der Waals surface area contributed by atoms with Crippen molar-refractivity contribution in [1.29, 1.82) is 0 Å². The molecular weight excluding hydrogens is 282 g/mol. The van der Waals surface area contributed by atoms with Gasteiger partial charge in [-0.2, -0.15) is 0 Å². The SMILES string of the molecule is O=C1Nc2ccccc2/C1=C1\OC(C(=O)O)c2ccccc21. The van der Waals surface area contributed by atoms with Gasteiger partial charge in [0.25, 0.3) is 5.91 Å². The molecule has 0 radical (unpaired) electrons. The number of anilines is 1. The third-order valence-corrected chi connectivity index (χ3v) is 3.85. The summed E-state index contributed by atoms with van der Waals surface area (Å²) in [7, 11) is 0. The van der Waals surface area contributed by atoms with Gasteiger partial charge >= 0.3 is 5.97 Å². The van der Waals surface area contributed by atoms with E-state index in [1.54, 1.807) is 30.3 Å². The minimum Gasteiger partial charge on any atom is -0.478 e. The summed E-state index contributed by atoms with van der Waals surface area (Å²) < 4.78 is 5.62. The van der Waals surface area contributed by atoms with Crippen LogP contribution in [0.4, 0.5) is 5.69 Å². The molecule has 1 atom stereocenters. The van der Waals surface area contributed by atoms with Gasteiger partial charge in [0.1, 0.15) is 5.76 Å². The average Bonchev–Trinajstić information content (AvgIpc) is 3.04. The third-order valence-electron chi connectivity index (χ3n) is 3.85. The molecule has 2 N–H and O–H groups in total. The molecule has 1 amide bonds. The maximum absolute atomic E-state index is 12.3. The number of carbonyl (C=O) groups excluding carboxylic acids is 1. The minimum absolute atomic E-state index is 0.281. The van der Waals surface area contributed by atoms with Gasteiger partial charge in [-0.05, 0) is 6.07 Å². The summed E-state index contributed by atoms with van der Waals surface area (Å²) in [4.78, 5) is 23.7. The van der Waals surface area contributed by atoms with Crippen LogP contribution < -0.4 is 5.32 Å².